The van der Waals surface area contributed by atoms with Crippen LogP contribution in [0.3, 0.4) is 0 Å². The molecule has 0 N–H and O–H groups in total. The predicted octanol–water partition coefficient (Wildman–Crippen LogP) is 10.0. The van der Waals surface area contributed by atoms with Gasteiger partial charge in [-0.1, -0.05) is 38.3 Å². The van der Waals surface area contributed by atoms with Crippen molar-refractivity contribution < 1.29 is 44.9 Å². The number of hydrogen-bond acceptors (Lipinski definition) is 3. The van der Waals surface area contributed by atoms with Crippen molar-refractivity contribution in [2.24, 2.45) is 11.8 Å². The Bertz CT molecular complexity index is 1370. The Balaban J connectivity index is 1.22. The zero-order chi connectivity index (χ0) is 31.4. The molecule has 2 aliphatic rings. The molecule has 0 aromatic heterocycles. The summed E-state index contributed by atoms with van der Waals surface area (Å²) in [6.07, 6.45) is 2.23. The first-order valence-corrected chi connectivity index (χ1v) is 15.1. The SMILES string of the molecule is CCCCCC1COC(C2CCC(c3cc(F)c(C(F)(F)Oc4cc(F)c(-c5ccc(F)cc5)c(F)c4)c(F)c3)CC2)OC1. The Morgan fingerprint density at radius 1 is 0.773 bits per heavy atom. The molecule has 0 radical (unpaired) electrons. The zero-order valence-corrected chi connectivity index (χ0v) is 24.4. The maximum atomic E-state index is 15.0. The Morgan fingerprint density at radius 2 is 1.36 bits per heavy atom. The van der Waals surface area contributed by atoms with Crippen LogP contribution in [0, 0.1) is 40.9 Å². The molecule has 44 heavy (non-hydrogen) atoms. The van der Waals surface area contributed by atoms with Crippen LogP contribution >= 0.6 is 0 Å². The van der Waals surface area contributed by atoms with Crippen LogP contribution in [0.1, 0.15) is 75.3 Å². The molecular weight excluding hydrogens is 589 g/mol. The number of rotatable bonds is 10. The maximum Gasteiger partial charge on any atom is 0.432 e. The fourth-order valence-corrected chi connectivity index (χ4v) is 6.21. The third-order valence-corrected chi connectivity index (χ3v) is 8.59. The van der Waals surface area contributed by atoms with E-state index in [1.807, 2.05) is 0 Å². The molecule has 3 aromatic rings. The van der Waals surface area contributed by atoms with Gasteiger partial charge in [0.1, 0.15) is 40.4 Å². The van der Waals surface area contributed by atoms with E-state index >= 15 is 17.6 Å². The topological polar surface area (TPSA) is 27.7 Å². The Morgan fingerprint density at radius 3 is 1.93 bits per heavy atom. The van der Waals surface area contributed by atoms with E-state index in [2.05, 4.69) is 11.7 Å². The summed E-state index contributed by atoms with van der Waals surface area (Å²) >= 11 is 0. The molecule has 0 amide bonds. The van der Waals surface area contributed by atoms with Gasteiger partial charge in [0.25, 0.3) is 0 Å². The molecule has 0 spiro atoms. The number of ether oxygens (including phenoxy) is 3. The number of hydrogen-bond donors (Lipinski definition) is 0. The number of halogens is 7. The van der Waals surface area contributed by atoms with Crippen LogP contribution in [0.15, 0.2) is 48.5 Å². The lowest BCUT2D eigenvalue weighted by Crippen LogP contribution is -2.38. The van der Waals surface area contributed by atoms with Crippen molar-refractivity contribution in [2.75, 3.05) is 13.2 Å². The first kappa shape index (κ1) is 32.3. The van der Waals surface area contributed by atoms with Crippen molar-refractivity contribution >= 4 is 0 Å². The second-order valence-corrected chi connectivity index (χ2v) is 11.8. The van der Waals surface area contributed by atoms with Crippen molar-refractivity contribution in [1.82, 2.24) is 0 Å². The van der Waals surface area contributed by atoms with Gasteiger partial charge in [0, 0.05) is 24.0 Å². The summed E-state index contributed by atoms with van der Waals surface area (Å²) in [6.45, 7) is 3.47. The lowest BCUT2D eigenvalue weighted by molar-refractivity contribution is -0.229. The molecule has 3 aromatic carbocycles. The van der Waals surface area contributed by atoms with Crippen molar-refractivity contribution in [3.8, 4) is 16.9 Å². The molecule has 0 unspecified atom stereocenters. The van der Waals surface area contributed by atoms with Gasteiger partial charge in [0.15, 0.2) is 6.29 Å². The highest BCUT2D eigenvalue weighted by molar-refractivity contribution is 5.65. The van der Waals surface area contributed by atoms with E-state index in [9.17, 15) is 13.2 Å². The highest BCUT2D eigenvalue weighted by Gasteiger charge is 2.42. The van der Waals surface area contributed by atoms with E-state index < -0.39 is 52.1 Å². The van der Waals surface area contributed by atoms with Gasteiger partial charge in [-0.15, -0.1) is 0 Å². The Hall–Kier alpha value is -3.11. The quantitative estimate of drug-likeness (QED) is 0.166. The molecular formula is C34H35F7O3. The van der Waals surface area contributed by atoms with E-state index in [1.165, 1.54) is 6.42 Å². The summed E-state index contributed by atoms with van der Waals surface area (Å²) in [5.74, 6) is -6.91. The van der Waals surface area contributed by atoms with Gasteiger partial charge < -0.3 is 14.2 Å². The Labute approximate surface area is 252 Å². The minimum atomic E-state index is -4.58. The van der Waals surface area contributed by atoms with Crippen LogP contribution in [0.5, 0.6) is 5.75 Å². The van der Waals surface area contributed by atoms with Gasteiger partial charge in [-0.3, -0.25) is 0 Å². The zero-order valence-electron chi connectivity index (χ0n) is 24.4. The first-order chi connectivity index (χ1) is 21.1. The van der Waals surface area contributed by atoms with Gasteiger partial charge in [-0.05, 0) is 73.4 Å². The summed E-state index contributed by atoms with van der Waals surface area (Å²) in [4.78, 5) is 0. The number of alkyl halides is 2. The van der Waals surface area contributed by atoms with E-state index in [0.717, 1.165) is 55.7 Å². The standard InChI is InChI=1S/C34H35F7O3/c1-2-3-4-5-20-18-42-33(43-19-20)23-8-6-21(7-9-23)24-14-29(38)32(30(39)15-24)34(40,41)44-26-16-27(36)31(28(37)17-26)22-10-12-25(35)13-11-22/h10-17,20-21,23,33H,2-9,18-19H2,1H3. The molecule has 1 aliphatic carbocycles. The van der Waals surface area contributed by atoms with Gasteiger partial charge in [0.2, 0.25) is 0 Å². The van der Waals surface area contributed by atoms with Crippen molar-refractivity contribution in [1.29, 1.82) is 0 Å². The molecule has 3 nitrogen and oxygen atoms in total. The van der Waals surface area contributed by atoms with Crippen LogP contribution in [-0.2, 0) is 15.6 Å². The summed E-state index contributed by atoms with van der Waals surface area (Å²) in [6, 6.07) is 6.89. The molecule has 0 atom stereocenters. The van der Waals surface area contributed by atoms with Crippen LogP contribution in [-0.4, -0.2) is 19.5 Å². The van der Waals surface area contributed by atoms with Crippen molar-refractivity contribution in [3.63, 3.8) is 0 Å². The minimum Gasteiger partial charge on any atom is -0.429 e. The van der Waals surface area contributed by atoms with Gasteiger partial charge >= 0.3 is 6.11 Å². The molecule has 2 fully saturated rings. The monoisotopic (exact) mass is 624 g/mol. The number of benzene rings is 3. The average Bonchev–Trinajstić information content (AvgIpc) is 2.97. The van der Waals surface area contributed by atoms with Gasteiger partial charge in [0.05, 0.1) is 18.8 Å². The lowest BCUT2D eigenvalue weighted by Gasteiger charge is -2.37. The fraction of sp³-hybridized carbons (Fsp3) is 0.471. The summed E-state index contributed by atoms with van der Waals surface area (Å²) in [5, 5.41) is 0. The molecule has 1 saturated heterocycles. The third kappa shape index (κ3) is 7.40. The van der Waals surface area contributed by atoms with Crippen molar-refractivity contribution in [3.05, 3.63) is 88.7 Å². The maximum absolute atomic E-state index is 15.0. The van der Waals surface area contributed by atoms with E-state index in [0.29, 0.717) is 56.9 Å². The molecule has 1 heterocycles. The lowest BCUT2D eigenvalue weighted by atomic mass is 9.78. The average molecular weight is 625 g/mol. The smallest absolute Gasteiger partial charge is 0.429 e. The Kier molecular flexibility index (Phi) is 10.2. The third-order valence-electron chi connectivity index (χ3n) is 8.59. The normalized spacial score (nSPS) is 22.6. The largest absolute Gasteiger partial charge is 0.432 e. The van der Waals surface area contributed by atoms with Gasteiger partial charge in [-0.25, -0.2) is 22.0 Å². The summed E-state index contributed by atoms with van der Waals surface area (Å²) in [5.41, 5.74) is -2.03. The van der Waals surface area contributed by atoms with Crippen LogP contribution in [0.4, 0.5) is 30.7 Å². The van der Waals surface area contributed by atoms with Crippen molar-refractivity contribution in [2.45, 2.75) is 76.6 Å². The van der Waals surface area contributed by atoms with Crippen LogP contribution in [0.2, 0.25) is 0 Å². The minimum absolute atomic E-state index is 0.0355. The second-order valence-electron chi connectivity index (χ2n) is 11.8. The fourth-order valence-electron chi connectivity index (χ4n) is 6.21. The molecule has 1 aliphatic heterocycles. The number of unbranched alkanes of at least 4 members (excludes halogenated alkanes) is 2. The molecule has 238 valence electrons. The second kappa shape index (κ2) is 13.9. The van der Waals surface area contributed by atoms with E-state index in [1.54, 1.807) is 0 Å². The predicted molar refractivity (Wildman–Crippen MR) is 151 cm³/mol. The molecule has 10 heteroatoms. The first-order valence-electron chi connectivity index (χ1n) is 15.1. The van der Waals surface area contributed by atoms with E-state index in [4.69, 9.17) is 9.47 Å². The summed E-state index contributed by atoms with van der Waals surface area (Å²) in [7, 11) is 0. The summed E-state index contributed by atoms with van der Waals surface area (Å²) < 4.78 is 119. The highest BCUT2D eigenvalue weighted by Crippen LogP contribution is 2.42. The highest BCUT2D eigenvalue weighted by atomic mass is 19.3. The molecule has 5 rings (SSSR count). The van der Waals surface area contributed by atoms with Gasteiger partial charge in [-0.2, -0.15) is 8.78 Å². The van der Waals surface area contributed by atoms with Crippen LogP contribution in [0.25, 0.3) is 11.1 Å². The van der Waals surface area contributed by atoms with E-state index in [-0.39, 0.29) is 29.3 Å². The molecule has 1 saturated carbocycles. The molecule has 0 bridgehead atoms. The van der Waals surface area contributed by atoms with Crippen LogP contribution < -0.4 is 4.74 Å².